The van der Waals surface area contributed by atoms with Crippen LogP contribution in [0.2, 0.25) is 0 Å². The van der Waals surface area contributed by atoms with E-state index in [9.17, 15) is 9.59 Å². The van der Waals surface area contributed by atoms with E-state index >= 15 is 0 Å². The van der Waals surface area contributed by atoms with Crippen LogP contribution in [0, 0.1) is 0 Å². The molecule has 146 valence electrons. The lowest BCUT2D eigenvalue weighted by atomic mass is 9.95. The highest BCUT2D eigenvalue weighted by atomic mass is 35.5. The van der Waals surface area contributed by atoms with Crippen molar-refractivity contribution in [1.82, 2.24) is 4.90 Å². The zero-order chi connectivity index (χ0) is 19.0. The highest BCUT2D eigenvalue weighted by molar-refractivity contribution is 6.63. The Morgan fingerprint density at radius 1 is 0.923 bits per heavy atom. The SMILES string of the molecule is COC(=O)C1C(C2OC3OC(C)(C)OC3C3OC(C)(C)OC32)N1C(=O)Cl. The summed E-state index contributed by atoms with van der Waals surface area (Å²) in [6.45, 7) is 7.13. The van der Waals surface area contributed by atoms with Crippen LogP contribution in [0.3, 0.4) is 0 Å². The molecule has 7 atom stereocenters. The van der Waals surface area contributed by atoms with Crippen molar-refractivity contribution < 1.29 is 38.0 Å². The highest BCUT2D eigenvalue weighted by Gasteiger charge is 2.69. The Morgan fingerprint density at radius 3 is 2.04 bits per heavy atom. The average Bonchev–Trinajstić information content (AvgIpc) is 3.07. The zero-order valence-electron chi connectivity index (χ0n) is 15.1. The van der Waals surface area contributed by atoms with Gasteiger partial charge in [0.1, 0.15) is 24.4 Å². The fraction of sp³-hybridized carbons (Fsp3) is 0.875. The molecule has 1 amide bonds. The summed E-state index contributed by atoms with van der Waals surface area (Å²) in [4.78, 5) is 25.0. The fourth-order valence-electron chi connectivity index (χ4n) is 4.11. The van der Waals surface area contributed by atoms with Crippen molar-refractivity contribution in [3.8, 4) is 0 Å². The zero-order valence-corrected chi connectivity index (χ0v) is 15.9. The molecule has 0 aromatic rings. The molecule has 0 aromatic heterocycles. The summed E-state index contributed by atoms with van der Waals surface area (Å²) in [6.07, 6.45) is -2.89. The van der Waals surface area contributed by atoms with Gasteiger partial charge in [-0.15, -0.1) is 0 Å². The van der Waals surface area contributed by atoms with E-state index in [1.54, 1.807) is 27.7 Å². The molecule has 4 rings (SSSR count). The second-order valence-electron chi connectivity index (χ2n) is 7.75. The van der Waals surface area contributed by atoms with Crippen molar-refractivity contribution in [3.63, 3.8) is 0 Å². The van der Waals surface area contributed by atoms with Crippen LogP contribution in [0.15, 0.2) is 0 Å². The first-order valence-electron chi connectivity index (χ1n) is 8.47. The maximum absolute atomic E-state index is 12.0. The first-order chi connectivity index (χ1) is 12.0. The maximum atomic E-state index is 12.0. The Hall–Kier alpha value is -0.970. The molecule has 4 aliphatic heterocycles. The summed E-state index contributed by atoms with van der Waals surface area (Å²) < 4.78 is 34.6. The molecule has 4 heterocycles. The molecule has 0 N–H and O–H groups in total. The third-order valence-electron chi connectivity index (χ3n) is 5.03. The van der Waals surface area contributed by atoms with Gasteiger partial charge in [-0.1, -0.05) is 0 Å². The van der Waals surface area contributed by atoms with E-state index in [1.165, 1.54) is 12.0 Å². The molecule has 0 radical (unpaired) electrons. The molecule has 0 saturated carbocycles. The van der Waals surface area contributed by atoms with Crippen molar-refractivity contribution in [2.75, 3.05) is 7.11 Å². The van der Waals surface area contributed by atoms with Crippen molar-refractivity contribution in [2.24, 2.45) is 0 Å². The fourth-order valence-corrected chi connectivity index (χ4v) is 4.32. The number of ether oxygens (including phenoxy) is 6. The Kier molecular flexibility index (Phi) is 4.08. The van der Waals surface area contributed by atoms with Crippen LogP contribution in [-0.4, -0.2) is 77.7 Å². The summed E-state index contributed by atoms with van der Waals surface area (Å²) in [6, 6.07) is -1.44. The van der Waals surface area contributed by atoms with Crippen LogP contribution in [0.5, 0.6) is 0 Å². The topological polar surface area (TPSA) is 92.5 Å². The number of carbonyl (C=O) groups is 2. The first-order valence-corrected chi connectivity index (χ1v) is 8.85. The van der Waals surface area contributed by atoms with Crippen LogP contribution in [0.4, 0.5) is 4.79 Å². The summed E-state index contributed by atoms with van der Waals surface area (Å²) in [5, 5.41) is -0.755. The van der Waals surface area contributed by atoms with Gasteiger partial charge in [-0.3, -0.25) is 4.79 Å². The molecule has 0 spiro atoms. The average molecular weight is 392 g/mol. The van der Waals surface area contributed by atoms with Crippen molar-refractivity contribution >= 4 is 22.9 Å². The quantitative estimate of drug-likeness (QED) is 0.297. The van der Waals surface area contributed by atoms with Crippen molar-refractivity contribution in [1.29, 1.82) is 0 Å². The molecule has 4 saturated heterocycles. The second-order valence-corrected chi connectivity index (χ2v) is 8.08. The standard InChI is InChI=1S/C16H22ClNO8/c1-15(2)23-9-8(6-7(12(19)21-5)18(6)14(17)20)22-13-11(10(9)24-15)25-16(3,4)26-13/h6-11,13H,1-5H3. The molecule has 0 aliphatic carbocycles. The number of methoxy groups -OCH3 is 1. The minimum Gasteiger partial charge on any atom is -0.467 e. The normalized spacial score (nSPS) is 45.0. The van der Waals surface area contributed by atoms with E-state index < -0.39 is 65.7 Å². The Bertz CT molecular complexity index is 640. The molecule has 0 bridgehead atoms. The molecule has 10 heteroatoms. The molecular formula is C16H22ClNO8. The van der Waals surface area contributed by atoms with Crippen LogP contribution in [-0.2, 0) is 33.2 Å². The van der Waals surface area contributed by atoms with Gasteiger partial charge in [0.15, 0.2) is 23.9 Å². The maximum Gasteiger partial charge on any atom is 0.330 e. The minimum atomic E-state index is -0.868. The molecule has 26 heavy (non-hydrogen) atoms. The van der Waals surface area contributed by atoms with E-state index in [4.69, 9.17) is 40.0 Å². The van der Waals surface area contributed by atoms with Crippen molar-refractivity contribution in [2.45, 2.75) is 82.1 Å². The van der Waals surface area contributed by atoms with Gasteiger partial charge in [-0.2, -0.15) is 0 Å². The number of hydrogen-bond acceptors (Lipinski definition) is 8. The van der Waals surface area contributed by atoms with E-state index in [0.29, 0.717) is 0 Å². The van der Waals surface area contributed by atoms with Gasteiger partial charge in [0.2, 0.25) is 0 Å². The van der Waals surface area contributed by atoms with E-state index in [-0.39, 0.29) is 0 Å². The van der Waals surface area contributed by atoms with Crippen molar-refractivity contribution in [3.05, 3.63) is 0 Å². The summed E-state index contributed by atoms with van der Waals surface area (Å²) in [7, 11) is 1.25. The number of nitrogens with zero attached hydrogens (tertiary/aromatic N) is 1. The van der Waals surface area contributed by atoms with Gasteiger partial charge >= 0.3 is 11.3 Å². The third kappa shape index (κ3) is 2.81. The van der Waals surface area contributed by atoms with Gasteiger partial charge in [-0.05, 0) is 39.3 Å². The van der Waals surface area contributed by atoms with Crippen LogP contribution in [0.1, 0.15) is 27.7 Å². The number of amides is 1. The number of esters is 1. The van der Waals surface area contributed by atoms with E-state index in [1.807, 2.05) is 0 Å². The number of halogens is 1. The Morgan fingerprint density at radius 2 is 1.46 bits per heavy atom. The largest absolute Gasteiger partial charge is 0.467 e. The lowest BCUT2D eigenvalue weighted by Gasteiger charge is -2.37. The third-order valence-corrected chi connectivity index (χ3v) is 5.22. The summed E-state index contributed by atoms with van der Waals surface area (Å²) >= 11 is 5.64. The van der Waals surface area contributed by atoms with Gasteiger partial charge in [0.05, 0.1) is 13.2 Å². The van der Waals surface area contributed by atoms with Gasteiger partial charge in [0, 0.05) is 0 Å². The predicted molar refractivity (Wildman–Crippen MR) is 85.2 cm³/mol. The van der Waals surface area contributed by atoms with E-state index in [0.717, 1.165) is 0 Å². The number of carbonyl (C=O) groups excluding carboxylic acids is 2. The first kappa shape index (κ1) is 18.4. The minimum absolute atomic E-state index is 0.471. The number of rotatable bonds is 2. The molecule has 0 aromatic carbocycles. The van der Waals surface area contributed by atoms with Crippen LogP contribution < -0.4 is 0 Å². The summed E-state index contributed by atoms with van der Waals surface area (Å²) in [5.41, 5.74) is 0. The number of fused-ring (bicyclic) bond motifs is 3. The van der Waals surface area contributed by atoms with Gasteiger partial charge in [-0.25, -0.2) is 4.79 Å². The van der Waals surface area contributed by atoms with Crippen LogP contribution in [0.25, 0.3) is 0 Å². The predicted octanol–water partition coefficient (Wildman–Crippen LogP) is 0.967. The van der Waals surface area contributed by atoms with E-state index in [2.05, 4.69) is 0 Å². The monoisotopic (exact) mass is 391 g/mol. The second kappa shape index (κ2) is 5.76. The summed E-state index contributed by atoms with van der Waals surface area (Å²) in [5.74, 6) is -2.28. The Balaban J connectivity index is 1.64. The molecule has 9 nitrogen and oxygen atoms in total. The van der Waals surface area contributed by atoms with Gasteiger partial charge in [0.25, 0.3) is 0 Å². The van der Waals surface area contributed by atoms with Gasteiger partial charge < -0.3 is 33.3 Å². The highest BCUT2D eigenvalue weighted by Crippen LogP contribution is 2.48. The molecule has 4 aliphatic rings. The molecule has 4 fully saturated rings. The molecule has 7 unspecified atom stereocenters. The smallest absolute Gasteiger partial charge is 0.330 e. The number of hydrogen-bond donors (Lipinski definition) is 0. The Labute approximate surface area is 155 Å². The van der Waals surface area contributed by atoms with Crippen LogP contribution >= 0.6 is 11.6 Å². The lowest BCUT2D eigenvalue weighted by molar-refractivity contribution is -0.235. The molecular weight excluding hydrogens is 370 g/mol. The lowest BCUT2D eigenvalue weighted by Crippen LogP contribution is -2.57.